The van der Waals surface area contributed by atoms with E-state index in [0.29, 0.717) is 6.61 Å². The number of aryl methyl sites for hydroxylation is 1. The lowest BCUT2D eigenvalue weighted by Gasteiger charge is -2.13. The van der Waals surface area contributed by atoms with E-state index in [0.717, 1.165) is 17.7 Å². The second-order valence-electron chi connectivity index (χ2n) is 4.34. The van der Waals surface area contributed by atoms with Crippen molar-refractivity contribution in [2.75, 3.05) is 0 Å². The maximum absolute atomic E-state index is 5.93. The van der Waals surface area contributed by atoms with Gasteiger partial charge in [-0.25, -0.2) is 0 Å². The highest BCUT2D eigenvalue weighted by molar-refractivity contribution is 7.11. The van der Waals surface area contributed by atoms with Gasteiger partial charge in [-0.05, 0) is 31.5 Å². The molecule has 2 nitrogen and oxygen atoms in total. The fourth-order valence-corrected chi connectivity index (χ4v) is 2.70. The van der Waals surface area contributed by atoms with Crippen LogP contribution in [0.2, 0.25) is 0 Å². The van der Waals surface area contributed by atoms with Crippen molar-refractivity contribution in [2.24, 2.45) is 5.73 Å². The minimum atomic E-state index is -0.00395. The maximum Gasteiger partial charge on any atom is 0.124 e. The second kappa shape index (κ2) is 6.03. The molecule has 1 heterocycles. The molecule has 0 aliphatic heterocycles. The van der Waals surface area contributed by atoms with E-state index in [1.165, 1.54) is 9.75 Å². The van der Waals surface area contributed by atoms with Gasteiger partial charge in [0.25, 0.3) is 0 Å². The maximum atomic E-state index is 5.93. The minimum absolute atomic E-state index is 0.00395. The summed E-state index contributed by atoms with van der Waals surface area (Å²) in [4.78, 5) is 2.65. The molecule has 0 saturated carbocycles. The largest absolute Gasteiger partial charge is 0.488 e. The van der Waals surface area contributed by atoms with Crippen molar-refractivity contribution < 1.29 is 4.74 Å². The minimum Gasteiger partial charge on any atom is -0.488 e. The SMILES string of the molecule is CCc1ccc(COc2ccccc2[C@@H](C)N)s1. The number of rotatable bonds is 5. The number of para-hydroxylation sites is 1. The molecule has 96 valence electrons. The molecule has 0 saturated heterocycles. The van der Waals surface area contributed by atoms with Crippen molar-refractivity contribution in [2.45, 2.75) is 32.9 Å². The summed E-state index contributed by atoms with van der Waals surface area (Å²) in [6.07, 6.45) is 1.08. The van der Waals surface area contributed by atoms with Crippen molar-refractivity contribution >= 4 is 11.3 Å². The summed E-state index contributed by atoms with van der Waals surface area (Å²) in [6, 6.07) is 12.3. The molecule has 3 heteroatoms. The van der Waals surface area contributed by atoms with Crippen LogP contribution in [0.15, 0.2) is 36.4 Å². The molecular formula is C15H19NOS. The molecular weight excluding hydrogens is 242 g/mol. The summed E-state index contributed by atoms with van der Waals surface area (Å²) in [6.45, 7) is 4.76. The molecule has 0 bridgehead atoms. The van der Waals surface area contributed by atoms with E-state index in [1.807, 2.05) is 42.5 Å². The van der Waals surface area contributed by atoms with Gasteiger partial charge in [0, 0.05) is 21.4 Å². The van der Waals surface area contributed by atoms with Crippen LogP contribution in [0.3, 0.4) is 0 Å². The lowest BCUT2D eigenvalue weighted by molar-refractivity contribution is 0.305. The predicted molar refractivity (Wildman–Crippen MR) is 77.1 cm³/mol. The summed E-state index contributed by atoms with van der Waals surface area (Å²) in [7, 11) is 0. The number of nitrogens with two attached hydrogens (primary N) is 1. The van der Waals surface area contributed by atoms with E-state index in [-0.39, 0.29) is 6.04 Å². The molecule has 0 unspecified atom stereocenters. The number of hydrogen-bond donors (Lipinski definition) is 1. The molecule has 0 fully saturated rings. The standard InChI is InChI=1S/C15H19NOS/c1-3-12-8-9-13(18-12)10-17-15-7-5-4-6-14(15)11(2)16/h4-9,11H,3,10,16H2,1-2H3/t11-/m1/s1. The van der Waals surface area contributed by atoms with E-state index in [2.05, 4.69) is 19.1 Å². The summed E-state index contributed by atoms with van der Waals surface area (Å²) >= 11 is 1.81. The summed E-state index contributed by atoms with van der Waals surface area (Å²) < 4.78 is 5.87. The average Bonchev–Trinajstić information content (AvgIpc) is 2.84. The van der Waals surface area contributed by atoms with Gasteiger partial charge in [-0.15, -0.1) is 11.3 Å². The van der Waals surface area contributed by atoms with Crippen LogP contribution in [0.4, 0.5) is 0 Å². The fraction of sp³-hybridized carbons (Fsp3) is 0.333. The molecule has 1 aromatic heterocycles. The predicted octanol–water partition coefficient (Wildman–Crippen LogP) is 3.91. The third-order valence-electron chi connectivity index (χ3n) is 2.85. The van der Waals surface area contributed by atoms with Gasteiger partial charge in [0.05, 0.1) is 0 Å². The number of ether oxygens (including phenoxy) is 1. The van der Waals surface area contributed by atoms with Gasteiger partial charge in [-0.1, -0.05) is 25.1 Å². The molecule has 0 amide bonds. The second-order valence-corrected chi connectivity index (χ2v) is 5.59. The van der Waals surface area contributed by atoms with Crippen LogP contribution in [-0.2, 0) is 13.0 Å². The Hall–Kier alpha value is -1.32. The van der Waals surface area contributed by atoms with Crippen molar-refractivity contribution in [1.82, 2.24) is 0 Å². The van der Waals surface area contributed by atoms with Crippen LogP contribution in [-0.4, -0.2) is 0 Å². The first-order valence-corrected chi connectivity index (χ1v) is 7.07. The van der Waals surface area contributed by atoms with Crippen LogP contribution in [0, 0.1) is 0 Å². The number of benzene rings is 1. The Morgan fingerprint density at radius 3 is 2.56 bits per heavy atom. The van der Waals surface area contributed by atoms with E-state index in [9.17, 15) is 0 Å². The van der Waals surface area contributed by atoms with Crippen LogP contribution >= 0.6 is 11.3 Å². The van der Waals surface area contributed by atoms with Crippen LogP contribution < -0.4 is 10.5 Å². The molecule has 2 N–H and O–H groups in total. The average molecular weight is 261 g/mol. The third kappa shape index (κ3) is 3.12. The van der Waals surface area contributed by atoms with Gasteiger partial charge < -0.3 is 10.5 Å². The van der Waals surface area contributed by atoms with Gasteiger partial charge in [0.15, 0.2) is 0 Å². The molecule has 2 aromatic rings. The van der Waals surface area contributed by atoms with Crippen LogP contribution in [0.5, 0.6) is 5.75 Å². The van der Waals surface area contributed by atoms with Crippen molar-refractivity contribution in [3.05, 3.63) is 51.7 Å². The van der Waals surface area contributed by atoms with Crippen molar-refractivity contribution in [1.29, 1.82) is 0 Å². The van der Waals surface area contributed by atoms with E-state index >= 15 is 0 Å². The Kier molecular flexibility index (Phi) is 4.39. The molecule has 2 rings (SSSR count). The first kappa shape index (κ1) is 13.1. The zero-order valence-electron chi connectivity index (χ0n) is 10.8. The lowest BCUT2D eigenvalue weighted by Crippen LogP contribution is -2.07. The first-order chi connectivity index (χ1) is 8.70. The zero-order chi connectivity index (χ0) is 13.0. The van der Waals surface area contributed by atoms with Gasteiger partial charge in [-0.3, -0.25) is 0 Å². The van der Waals surface area contributed by atoms with E-state index in [4.69, 9.17) is 10.5 Å². The first-order valence-electron chi connectivity index (χ1n) is 6.25. The third-order valence-corrected chi connectivity index (χ3v) is 4.05. The summed E-state index contributed by atoms with van der Waals surface area (Å²) in [5.74, 6) is 0.888. The molecule has 18 heavy (non-hydrogen) atoms. The molecule has 0 spiro atoms. The van der Waals surface area contributed by atoms with Crippen molar-refractivity contribution in [3.63, 3.8) is 0 Å². The Morgan fingerprint density at radius 1 is 1.17 bits per heavy atom. The lowest BCUT2D eigenvalue weighted by atomic mass is 10.1. The van der Waals surface area contributed by atoms with Gasteiger partial charge in [0.1, 0.15) is 12.4 Å². The Morgan fingerprint density at radius 2 is 1.89 bits per heavy atom. The normalized spacial score (nSPS) is 12.4. The quantitative estimate of drug-likeness (QED) is 0.885. The fourth-order valence-electron chi connectivity index (χ4n) is 1.83. The monoisotopic (exact) mass is 261 g/mol. The highest BCUT2D eigenvalue weighted by atomic mass is 32.1. The Labute approximate surface area is 112 Å². The molecule has 0 aliphatic carbocycles. The highest BCUT2D eigenvalue weighted by Gasteiger charge is 2.07. The van der Waals surface area contributed by atoms with Gasteiger partial charge in [-0.2, -0.15) is 0 Å². The van der Waals surface area contributed by atoms with Crippen LogP contribution in [0.1, 0.15) is 35.2 Å². The number of thiophene rings is 1. The Balaban J connectivity index is 2.05. The molecule has 1 aromatic carbocycles. The molecule has 0 radical (unpaired) electrons. The smallest absolute Gasteiger partial charge is 0.124 e. The van der Waals surface area contributed by atoms with Crippen molar-refractivity contribution in [3.8, 4) is 5.75 Å². The van der Waals surface area contributed by atoms with Crippen LogP contribution in [0.25, 0.3) is 0 Å². The Bertz CT molecular complexity index is 505. The van der Waals surface area contributed by atoms with Gasteiger partial charge >= 0.3 is 0 Å². The topological polar surface area (TPSA) is 35.2 Å². The van der Waals surface area contributed by atoms with E-state index < -0.39 is 0 Å². The molecule has 1 atom stereocenters. The zero-order valence-corrected chi connectivity index (χ0v) is 11.7. The summed E-state index contributed by atoms with van der Waals surface area (Å²) in [5.41, 5.74) is 6.99. The van der Waals surface area contributed by atoms with Gasteiger partial charge in [0.2, 0.25) is 0 Å². The number of hydrogen-bond acceptors (Lipinski definition) is 3. The summed E-state index contributed by atoms with van der Waals surface area (Å²) in [5, 5.41) is 0. The van der Waals surface area contributed by atoms with E-state index in [1.54, 1.807) is 0 Å². The molecule has 0 aliphatic rings. The highest BCUT2D eigenvalue weighted by Crippen LogP contribution is 2.25.